The van der Waals surface area contributed by atoms with Crippen molar-refractivity contribution < 1.29 is 4.79 Å². The van der Waals surface area contributed by atoms with Crippen molar-refractivity contribution in [2.24, 2.45) is 5.92 Å². The molecule has 0 spiro atoms. The van der Waals surface area contributed by atoms with E-state index in [4.69, 9.17) is 0 Å². The predicted molar refractivity (Wildman–Crippen MR) is 60.2 cm³/mol. The Morgan fingerprint density at radius 2 is 1.93 bits per heavy atom. The minimum atomic E-state index is 0.229. The monoisotopic (exact) mass is 200 g/mol. The van der Waals surface area contributed by atoms with Crippen molar-refractivity contribution in [1.82, 2.24) is 10.2 Å². The third-order valence-electron chi connectivity index (χ3n) is 2.73. The number of hydrogen-bond acceptors (Lipinski definition) is 2. The number of amides is 1. The van der Waals surface area contributed by atoms with Crippen molar-refractivity contribution in [3.05, 3.63) is 0 Å². The van der Waals surface area contributed by atoms with Crippen molar-refractivity contribution in [2.45, 2.75) is 40.2 Å². The van der Waals surface area contributed by atoms with E-state index in [2.05, 4.69) is 26.1 Å². The zero-order valence-electron chi connectivity index (χ0n) is 10.1. The molecule has 0 aliphatic heterocycles. The normalized spacial score (nSPS) is 13.0. The summed E-state index contributed by atoms with van der Waals surface area (Å²) in [5.41, 5.74) is 0. The zero-order valence-corrected chi connectivity index (χ0v) is 10.1. The lowest BCUT2D eigenvalue weighted by Crippen LogP contribution is -2.39. The van der Waals surface area contributed by atoms with Gasteiger partial charge in [-0.05, 0) is 19.4 Å². The first kappa shape index (κ1) is 13.4. The van der Waals surface area contributed by atoms with Crippen molar-refractivity contribution in [3.8, 4) is 0 Å². The van der Waals surface area contributed by atoms with Crippen molar-refractivity contribution in [3.63, 3.8) is 0 Å². The smallest absolute Gasteiger partial charge is 0.223 e. The van der Waals surface area contributed by atoms with Crippen LogP contribution in [0.3, 0.4) is 0 Å². The maximum absolute atomic E-state index is 11.6. The molecule has 0 aliphatic rings. The van der Waals surface area contributed by atoms with Crippen LogP contribution in [-0.4, -0.2) is 37.0 Å². The lowest BCUT2D eigenvalue weighted by molar-refractivity contribution is -0.132. The summed E-state index contributed by atoms with van der Waals surface area (Å²) < 4.78 is 0. The Morgan fingerprint density at radius 1 is 1.36 bits per heavy atom. The second-order valence-electron chi connectivity index (χ2n) is 4.09. The molecular weight excluding hydrogens is 176 g/mol. The molecule has 0 aromatic carbocycles. The average molecular weight is 200 g/mol. The number of carbonyl (C=O) groups excluding carboxylic acids is 1. The van der Waals surface area contributed by atoms with Crippen LogP contribution < -0.4 is 5.32 Å². The highest BCUT2D eigenvalue weighted by molar-refractivity contribution is 5.76. The summed E-state index contributed by atoms with van der Waals surface area (Å²) in [4.78, 5) is 13.5. The minimum absolute atomic E-state index is 0.229. The SMILES string of the molecule is CCNCCC(=O)N(C)C(C)C(C)C. The summed E-state index contributed by atoms with van der Waals surface area (Å²) in [6, 6.07) is 0.323. The largest absolute Gasteiger partial charge is 0.343 e. The molecule has 1 amide bonds. The third-order valence-corrected chi connectivity index (χ3v) is 2.73. The number of nitrogens with zero attached hydrogens (tertiary/aromatic N) is 1. The van der Waals surface area contributed by atoms with Gasteiger partial charge in [-0.25, -0.2) is 0 Å². The highest BCUT2D eigenvalue weighted by atomic mass is 16.2. The van der Waals surface area contributed by atoms with E-state index in [0.29, 0.717) is 18.4 Å². The van der Waals surface area contributed by atoms with Crippen LogP contribution in [0, 0.1) is 5.92 Å². The summed E-state index contributed by atoms with van der Waals surface area (Å²) >= 11 is 0. The second kappa shape index (κ2) is 6.82. The second-order valence-corrected chi connectivity index (χ2v) is 4.09. The Balaban J connectivity index is 3.86. The molecule has 1 atom stereocenters. The lowest BCUT2D eigenvalue weighted by Gasteiger charge is -2.28. The molecule has 0 bridgehead atoms. The third kappa shape index (κ3) is 4.61. The molecule has 0 fully saturated rings. The van der Waals surface area contributed by atoms with Gasteiger partial charge >= 0.3 is 0 Å². The Morgan fingerprint density at radius 3 is 2.36 bits per heavy atom. The Labute approximate surface area is 87.9 Å². The van der Waals surface area contributed by atoms with Crippen LogP contribution in [0.25, 0.3) is 0 Å². The molecule has 0 rings (SSSR count). The van der Waals surface area contributed by atoms with Gasteiger partial charge in [-0.3, -0.25) is 4.79 Å². The first-order valence-corrected chi connectivity index (χ1v) is 5.47. The van der Waals surface area contributed by atoms with Crippen LogP contribution >= 0.6 is 0 Å². The molecule has 0 aromatic heterocycles. The molecule has 0 aliphatic carbocycles. The van der Waals surface area contributed by atoms with Crippen LogP contribution in [-0.2, 0) is 4.79 Å². The maximum atomic E-state index is 11.6. The first-order chi connectivity index (χ1) is 6.50. The van der Waals surface area contributed by atoms with E-state index in [1.165, 1.54) is 0 Å². The molecule has 1 N–H and O–H groups in total. The molecule has 1 unspecified atom stereocenters. The Hall–Kier alpha value is -0.570. The number of carbonyl (C=O) groups is 1. The van der Waals surface area contributed by atoms with Gasteiger partial charge in [-0.2, -0.15) is 0 Å². The fourth-order valence-electron chi connectivity index (χ4n) is 1.22. The zero-order chi connectivity index (χ0) is 11.1. The van der Waals surface area contributed by atoms with Gasteiger partial charge in [-0.15, -0.1) is 0 Å². The summed E-state index contributed by atoms with van der Waals surface area (Å²) in [5, 5.41) is 3.15. The quantitative estimate of drug-likeness (QED) is 0.659. The molecule has 14 heavy (non-hydrogen) atoms. The number of rotatable bonds is 6. The van der Waals surface area contributed by atoms with E-state index in [9.17, 15) is 4.79 Å². The van der Waals surface area contributed by atoms with E-state index in [1.807, 2.05) is 18.9 Å². The van der Waals surface area contributed by atoms with Gasteiger partial charge in [0, 0.05) is 26.1 Å². The number of nitrogens with one attached hydrogen (secondary N) is 1. The van der Waals surface area contributed by atoms with Crippen LogP contribution in [0.1, 0.15) is 34.1 Å². The first-order valence-electron chi connectivity index (χ1n) is 5.47. The molecular formula is C11H24N2O. The summed E-state index contributed by atoms with van der Waals surface area (Å²) in [5.74, 6) is 0.746. The molecule has 84 valence electrons. The van der Waals surface area contributed by atoms with Crippen molar-refractivity contribution in [2.75, 3.05) is 20.1 Å². The van der Waals surface area contributed by atoms with E-state index in [-0.39, 0.29) is 5.91 Å². The number of hydrogen-bond donors (Lipinski definition) is 1. The van der Waals surface area contributed by atoms with Crippen molar-refractivity contribution >= 4 is 5.91 Å². The van der Waals surface area contributed by atoms with Crippen LogP contribution in [0.4, 0.5) is 0 Å². The fourth-order valence-corrected chi connectivity index (χ4v) is 1.22. The fraction of sp³-hybridized carbons (Fsp3) is 0.909. The maximum Gasteiger partial charge on any atom is 0.223 e. The molecule has 0 aromatic rings. The highest BCUT2D eigenvalue weighted by Crippen LogP contribution is 2.08. The van der Waals surface area contributed by atoms with Crippen molar-refractivity contribution in [1.29, 1.82) is 0 Å². The summed E-state index contributed by atoms with van der Waals surface area (Å²) in [6.45, 7) is 10.1. The molecule has 0 heterocycles. The van der Waals surface area contributed by atoms with Crippen LogP contribution in [0.15, 0.2) is 0 Å². The van der Waals surface area contributed by atoms with Gasteiger partial charge in [0.1, 0.15) is 0 Å². The standard InChI is InChI=1S/C11H24N2O/c1-6-12-8-7-11(14)13(5)10(4)9(2)3/h9-10,12H,6-8H2,1-5H3. The van der Waals surface area contributed by atoms with E-state index < -0.39 is 0 Å². The van der Waals surface area contributed by atoms with Gasteiger partial charge < -0.3 is 10.2 Å². The highest BCUT2D eigenvalue weighted by Gasteiger charge is 2.17. The molecule has 3 nitrogen and oxygen atoms in total. The van der Waals surface area contributed by atoms with Gasteiger partial charge in [0.05, 0.1) is 0 Å². The molecule has 3 heteroatoms. The van der Waals surface area contributed by atoms with E-state index >= 15 is 0 Å². The van der Waals surface area contributed by atoms with Gasteiger partial charge in [-0.1, -0.05) is 20.8 Å². The van der Waals surface area contributed by atoms with Gasteiger partial charge in [0.15, 0.2) is 0 Å². The molecule has 0 saturated carbocycles. The topological polar surface area (TPSA) is 32.3 Å². The molecule has 0 radical (unpaired) electrons. The van der Waals surface area contributed by atoms with Crippen LogP contribution in [0.2, 0.25) is 0 Å². The van der Waals surface area contributed by atoms with E-state index in [1.54, 1.807) is 0 Å². The Kier molecular flexibility index (Phi) is 6.54. The minimum Gasteiger partial charge on any atom is -0.343 e. The average Bonchev–Trinajstić information content (AvgIpc) is 2.15. The Bertz CT molecular complexity index is 169. The summed E-state index contributed by atoms with van der Waals surface area (Å²) in [6.07, 6.45) is 0.599. The predicted octanol–water partition coefficient (Wildman–Crippen LogP) is 1.49. The summed E-state index contributed by atoms with van der Waals surface area (Å²) in [7, 11) is 1.89. The van der Waals surface area contributed by atoms with E-state index in [0.717, 1.165) is 13.1 Å². The van der Waals surface area contributed by atoms with Gasteiger partial charge in [0.2, 0.25) is 5.91 Å². The van der Waals surface area contributed by atoms with Crippen LogP contribution in [0.5, 0.6) is 0 Å². The lowest BCUT2D eigenvalue weighted by atomic mass is 10.1. The van der Waals surface area contributed by atoms with Gasteiger partial charge in [0.25, 0.3) is 0 Å². The molecule has 0 saturated heterocycles.